The molecule has 36 heavy (non-hydrogen) atoms. The van der Waals surface area contributed by atoms with E-state index in [0.29, 0.717) is 17.5 Å². The first kappa shape index (κ1) is 23.8. The van der Waals surface area contributed by atoms with Gasteiger partial charge in [0.15, 0.2) is 0 Å². The smallest absolute Gasteiger partial charge is 0.335 e. The minimum atomic E-state index is -1.76. The number of nitrogens with zero attached hydrogens (tertiary/aromatic N) is 2. The van der Waals surface area contributed by atoms with Gasteiger partial charge in [-0.1, -0.05) is 24.3 Å². The highest BCUT2D eigenvalue weighted by Gasteiger charge is 2.54. The second kappa shape index (κ2) is 9.25. The third-order valence-corrected chi connectivity index (χ3v) is 7.00. The molecule has 0 bridgehead atoms. The average Bonchev–Trinajstić information content (AvgIpc) is 3.32. The average molecular weight is 490 g/mol. The van der Waals surface area contributed by atoms with Gasteiger partial charge < -0.3 is 25.1 Å². The summed E-state index contributed by atoms with van der Waals surface area (Å²) in [5, 5.41) is 16.4. The van der Waals surface area contributed by atoms with Crippen LogP contribution in [0.25, 0.3) is 21.7 Å². The predicted molar refractivity (Wildman–Crippen MR) is 133 cm³/mol. The summed E-state index contributed by atoms with van der Waals surface area (Å²) in [4.78, 5) is 24.6. The van der Waals surface area contributed by atoms with Crippen LogP contribution in [0, 0.1) is 0 Å². The molecule has 3 N–H and O–H groups in total. The van der Waals surface area contributed by atoms with Crippen molar-refractivity contribution in [1.29, 1.82) is 0 Å². The van der Waals surface area contributed by atoms with E-state index in [1.807, 2.05) is 30.3 Å². The molecule has 1 aliphatic rings. The van der Waals surface area contributed by atoms with Crippen molar-refractivity contribution >= 4 is 33.6 Å². The molecule has 1 amide bonds. The maximum Gasteiger partial charge on any atom is 0.335 e. The number of benzene rings is 3. The van der Waals surface area contributed by atoms with E-state index in [4.69, 9.17) is 19.9 Å². The Hall–Kier alpha value is -3.95. The van der Waals surface area contributed by atoms with Crippen molar-refractivity contribution in [1.82, 2.24) is 9.78 Å². The molecule has 2 heterocycles. The lowest BCUT2D eigenvalue weighted by Crippen LogP contribution is -2.60. The highest BCUT2D eigenvalue weighted by Crippen LogP contribution is 2.42. The monoisotopic (exact) mass is 489 g/mol. The molecule has 3 unspecified atom stereocenters. The first-order chi connectivity index (χ1) is 17.4. The van der Waals surface area contributed by atoms with Crippen molar-refractivity contribution in [2.45, 2.75) is 30.6 Å². The number of carboxylic acids is 1. The number of hydrogen-bond acceptors (Lipinski definition) is 6. The molecule has 5 rings (SSSR count). The zero-order valence-corrected chi connectivity index (χ0v) is 20.0. The fourth-order valence-electron chi connectivity index (χ4n) is 5.21. The van der Waals surface area contributed by atoms with Gasteiger partial charge in [-0.15, -0.1) is 0 Å². The van der Waals surface area contributed by atoms with E-state index in [-0.39, 0.29) is 11.5 Å². The van der Waals surface area contributed by atoms with Gasteiger partial charge in [0.05, 0.1) is 24.4 Å². The summed E-state index contributed by atoms with van der Waals surface area (Å²) in [6, 6.07) is 16.6. The number of rotatable bonds is 7. The SMILES string of the molecule is COc1ccc2cc(C3CCCOC3C(OC)(C(N)=O)n3ncc4cc(C(=O)O)ccc43)ccc2c1. The largest absolute Gasteiger partial charge is 0.497 e. The van der Waals surface area contributed by atoms with Crippen LogP contribution in [0.2, 0.25) is 0 Å². The fraction of sp³-hybridized carbons (Fsp3) is 0.296. The molecule has 0 saturated carbocycles. The molecule has 1 saturated heterocycles. The quantitative estimate of drug-likeness (QED) is 0.406. The fourth-order valence-corrected chi connectivity index (χ4v) is 5.21. The Morgan fingerprint density at radius 1 is 1.08 bits per heavy atom. The maximum atomic E-state index is 13.2. The molecular weight excluding hydrogens is 462 g/mol. The number of hydrogen-bond donors (Lipinski definition) is 2. The Labute approximate surface area is 207 Å². The van der Waals surface area contributed by atoms with E-state index in [1.165, 1.54) is 30.1 Å². The molecule has 186 valence electrons. The summed E-state index contributed by atoms with van der Waals surface area (Å²) in [6.07, 6.45) is 2.29. The number of carbonyl (C=O) groups excluding carboxylic acids is 1. The Kier molecular flexibility index (Phi) is 6.11. The number of amides is 1. The predicted octanol–water partition coefficient (Wildman–Crippen LogP) is 3.64. The van der Waals surface area contributed by atoms with Crippen molar-refractivity contribution in [2.75, 3.05) is 20.8 Å². The maximum absolute atomic E-state index is 13.2. The van der Waals surface area contributed by atoms with Gasteiger partial charge in [0.1, 0.15) is 11.9 Å². The molecule has 3 atom stereocenters. The highest BCUT2D eigenvalue weighted by molar-refractivity contribution is 5.94. The van der Waals surface area contributed by atoms with Gasteiger partial charge >= 0.3 is 5.97 Å². The van der Waals surface area contributed by atoms with Crippen LogP contribution in [0.1, 0.15) is 34.7 Å². The van der Waals surface area contributed by atoms with Gasteiger partial charge in [-0.05, 0) is 59.5 Å². The van der Waals surface area contributed by atoms with Gasteiger partial charge in [0, 0.05) is 25.0 Å². The number of fused-ring (bicyclic) bond motifs is 2. The Balaban J connectivity index is 1.63. The topological polar surface area (TPSA) is 126 Å². The summed E-state index contributed by atoms with van der Waals surface area (Å²) in [5.41, 5.74) is 5.88. The molecule has 0 radical (unpaired) electrons. The van der Waals surface area contributed by atoms with Crippen LogP contribution in [-0.4, -0.2) is 53.7 Å². The molecule has 0 aliphatic carbocycles. The highest BCUT2D eigenvalue weighted by atomic mass is 16.6. The van der Waals surface area contributed by atoms with Crippen molar-refractivity contribution in [3.8, 4) is 5.75 Å². The van der Waals surface area contributed by atoms with Crippen LogP contribution in [0.5, 0.6) is 5.75 Å². The zero-order valence-electron chi connectivity index (χ0n) is 20.0. The van der Waals surface area contributed by atoms with E-state index < -0.39 is 23.7 Å². The number of nitrogens with two attached hydrogens (primary N) is 1. The van der Waals surface area contributed by atoms with E-state index >= 15 is 0 Å². The van der Waals surface area contributed by atoms with Crippen LogP contribution in [0.4, 0.5) is 0 Å². The molecule has 1 aromatic heterocycles. The zero-order chi connectivity index (χ0) is 25.4. The Bertz CT molecular complexity index is 1460. The summed E-state index contributed by atoms with van der Waals surface area (Å²) >= 11 is 0. The lowest BCUT2D eigenvalue weighted by molar-refractivity contribution is -0.204. The second-order valence-corrected chi connectivity index (χ2v) is 8.91. The third-order valence-electron chi connectivity index (χ3n) is 7.00. The summed E-state index contributed by atoms with van der Waals surface area (Å²) < 4.78 is 18.9. The van der Waals surface area contributed by atoms with Crippen molar-refractivity contribution in [3.05, 3.63) is 71.9 Å². The molecule has 1 aliphatic heterocycles. The van der Waals surface area contributed by atoms with Gasteiger partial charge in [-0.3, -0.25) is 4.79 Å². The van der Waals surface area contributed by atoms with Crippen molar-refractivity contribution in [3.63, 3.8) is 0 Å². The normalized spacial score (nSPS) is 19.7. The van der Waals surface area contributed by atoms with Crippen LogP contribution >= 0.6 is 0 Å². The van der Waals surface area contributed by atoms with Gasteiger partial charge in [0.25, 0.3) is 11.6 Å². The van der Waals surface area contributed by atoms with Gasteiger partial charge in [0.2, 0.25) is 0 Å². The first-order valence-corrected chi connectivity index (χ1v) is 11.6. The molecule has 9 nitrogen and oxygen atoms in total. The Morgan fingerprint density at radius 3 is 2.58 bits per heavy atom. The molecule has 3 aromatic carbocycles. The van der Waals surface area contributed by atoms with E-state index in [0.717, 1.165) is 34.9 Å². The number of methoxy groups -OCH3 is 2. The summed E-state index contributed by atoms with van der Waals surface area (Å²) in [7, 11) is 3.04. The number of ether oxygens (including phenoxy) is 3. The molecule has 1 fully saturated rings. The van der Waals surface area contributed by atoms with Gasteiger partial charge in [-0.25, -0.2) is 9.48 Å². The lowest BCUT2D eigenvalue weighted by atomic mass is 9.81. The number of carbonyl (C=O) groups is 2. The summed E-state index contributed by atoms with van der Waals surface area (Å²) in [6.45, 7) is 0.437. The minimum absolute atomic E-state index is 0.115. The van der Waals surface area contributed by atoms with Crippen LogP contribution < -0.4 is 10.5 Å². The summed E-state index contributed by atoms with van der Waals surface area (Å²) in [5.74, 6) is -1.24. The molecular formula is C27H27N3O6. The van der Waals surface area contributed by atoms with E-state index in [9.17, 15) is 14.7 Å². The Morgan fingerprint density at radius 2 is 1.86 bits per heavy atom. The third kappa shape index (κ3) is 3.77. The second-order valence-electron chi connectivity index (χ2n) is 8.91. The van der Waals surface area contributed by atoms with Crippen molar-refractivity contribution < 1.29 is 28.9 Å². The molecule has 9 heteroatoms. The number of aromatic carboxylic acids is 1. The number of primary amides is 1. The van der Waals surface area contributed by atoms with E-state index in [2.05, 4.69) is 11.2 Å². The minimum Gasteiger partial charge on any atom is -0.497 e. The lowest BCUT2D eigenvalue weighted by Gasteiger charge is -2.43. The number of carboxylic acid groups (broad SMARTS) is 1. The van der Waals surface area contributed by atoms with Crippen LogP contribution in [0.3, 0.4) is 0 Å². The standard InChI is InChI=1S/C27H27N3O6/c1-34-21-9-7-16-12-18(6-5-17(16)14-21)22-4-3-11-36-24(22)27(35-2,26(28)33)30-23-10-8-19(25(31)32)13-20(23)15-29-30/h5-10,12-15,22,24H,3-4,11H2,1-2H3,(H2,28,33)(H,31,32). The first-order valence-electron chi connectivity index (χ1n) is 11.6. The van der Waals surface area contributed by atoms with Crippen molar-refractivity contribution in [2.24, 2.45) is 5.73 Å². The van der Waals surface area contributed by atoms with Crippen LogP contribution in [0.15, 0.2) is 60.8 Å². The number of aromatic nitrogens is 2. The molecule has 0 spiro atoms. The van der Waals surface area contributed by atoms with Gasteiger partial charge in [-0.2, -0.15) is 5.10 Å². The van der Waals surface area contributed by atoms with E-state index in [1.54, 1.807) is 13.2 Å². The van der Waals surface area contributed by atoms with Crippen LogP contribution in [-0.2, 0) is 20.0 Å². The molecule has 4 aromatic rings.